The summed E-state index contributed by atoms with van der Waals surface area (Å²) in [6.45, 7) is -0.335. The van der Waals surface area contributed by atoms with E-state index in [2.05, 4.69) is 5.10 Å². The van der Waals surface area contributed by atoms with Gasteiger partial charge in [-0.25, -0.2) is 9.07 Å². The van der Waals surface area contributed by atoms with Crippen LogP contribution in [0.25, 0.3) is 11.6 Å². The molecule has 10 heteroatoms. The van der Waals surface area contributed by atoms with Gasteiger partial charge in [-0.05, 0) is 36.4 Å². The predicted octanol–water partition coefficient (Wildman–Crippen LogP) is 4.42. The number of nitriles is 2. The van der Waals surface area contributed by atoms with Crippen LogP contribution in [0, 0.1) is 28.5 Å². The Morgan fingerprint density at radius 3 is 2.72 bits per heavy atom. The van der Waals surface area contributed by atoms with Gasteiger partial charge in [0.2, 0.25) is 0 Å². The molecule has 0 fully saturated rings. The third-order valence-electron chi connectivity index (χ3n) is 4.50. The van der Waals surface area contributed by atoms with Crippen molar-refractivity contribution in [1.29, 1.82) is 10.5 Å². The number of aromatic nitrogens is 2. The van der Waals surface area contributed by atoms with Crippen molar-refractivity contribution in [2.45, 2.75) is 13.2 Å². The quantitative estimate of drug-likeness (QED) is 0.491. The minimum Gasteiger partial charge on any atom is -0.488 e. The monoisotopic (exact) mass is 471 g/mol. The van der Waals surface area contributed by atoms with E-state index in [0.717, 1.165) is 0 Å². The molecule has 0 atom stereocenters. The first kappa shape index (κ1) is 23.1. The van der Waals surface area contributed by atoms with E-state index in [1.165, 1.54) is 22.9 Å². The molecule has 0 radical (unpaired) electrons. The second kappa shape index (κ2) is 10.2. The molecule has 1 heterocycles. The van der Waals surface area contributed by atoms with Crippen LogP contribution in [0.15, 0.2) is 36.4 Å². The molecule has 0 aliphatic rings. The fraction of sp³-hybridized carbons (Fsp3) is 0.136. The predicted molar refractivity (Wildman–Crippen MR) is 119 cm³/mol. The number of anilines is 1. The number of hydrogen-bond acceptors (Lipinski definition) is 6. The molecule has 0 spiro atoms. The van der Waals surface area contributed by atoms with Crippen molar-refractivity contribution in [3.05, 3.63) is 74.6 Å². The van der Waals surface area contributed by atoms with Gasteiger partial charge in [0.15, 0.2) is 0 Å². The first-order chi connectivity index (χ1) is 15.4. The number of ether oxygens (including phenoxy) is 1. The average Bonchev–Trinajstić information content (AvgIpc) is 3.08. The van der Waals surface area contributed by atoms with E-state index in [1.807, 2.05) is 12.1 Å². The largest absolute Gasteiger partial charge is 0.488 e. The van der Waals surface area contributed by atoms with Crippen LogP contribution in [0.3, 0.4) is 0 Å². The number of nitrogens with zero attached hydrogens (tertiary/aromatic N) is 4. The highest BCUT2D eigenvalue weighted by molar-refractivity contribution is 6.31. The van der Waals surface area contributed by atoms with Crippen molar-refractivity contribution in [3.63, 3.8) is 0 Å². The summed E-state index contributed by atoms with van der Waals surface area (Å²) in [6, 6.07) is 13.0. The standard InChI is InChI=1S/C22H16Cl2FN5O2/c23-15-4-5-20(32-12-17-18(24)2-1-3-19(17)25)13(9-15)8-14(10-26)21-16(11-27)22(28)30(29-21)6-7-31/h1-5,8-9,31H,6-7,12,28H2/b14-8+. The van der Waals surface area contributed by atoms with Crippen LogP contribution in [0.2, 0.25) is 10.0 Å². The summed E-state index contributed by atoms with van der Waals surface area (Å²) in [5.74, 6) is -0.165. The van der Waals surface area contributed by atoms with Crippen LogP contribution in [0.1, 0.15) is 22.4 Å². The number of aliphatic hydroxyl groups excluding tert-OH is 1. The van der Waals surface area contributed by atoms with Gasteiger partial charge >= 0.3 is 0 Å². The molecule has 162 valence electrons. The summed E-state index contributed by atoms with van der Waals surface area (Å²) >= 11 is 12.2. The van der Waals surface area contributed by atoms with Crippen LogP contribution in [0.4, 0.5) is 10.2 Å². The van der Waals surface area contributed by atoms with Gasteiger partial charge in [-0.3, -0.25) is 0 Å². The molecule has 2 aromatic carbocycles. The number of nitrogens with two attached hydrogens (primary N) is 1. The van der Waals surface area contributed by atoms with E-state index in [9.17, 15) is 14.9 Å². The maximum atomic E-state index is 14.1. The van der Waals surface area contributed by atoms with Crippen LogP contribution >= 0.6 is 23.2 Å². The Kier molecular flexibility index (Phi) is 7.34. The summed E-state index contributed by atoms with van der Waals surface area (Å²) in [7, 11) is 0. The Balaban J connectivity index is 2.02. The summed E-state index contributed by atoms with van der Waals surface area (Å²) in [5.41, 5.74) is 6.60. The maximum absolute atomic E-state index is 14.1. The van der Waals surface area contributed by atoms with Crippen LogP contribution < -0.4 is 10.5 Å². The second-order valence-corrected chi connectivity index (χ2v) is 7.35. The first-order valence-corrected chi connectivity index (χ1v) is 9.99. The van der Waals surface area contributed by atoms with E-state index >= 15 is 0 Å². The van der Waals surface area contributed by atoms with E-state index in [4.69, 9.17) is 38.8 Å². The molecular weight excluding hydrogens is 456 g/mol. The number of benzene rings is 2. The Morgan fingerprint density at radius 2 is 2.06 bits per heavy atom. The van der Waals surface area contributed by atoms with Gasteiger partial charge in [0.1, 0.15) is 47.4 Å². The van der Waals surface area contributed by atoms with Crippen molar-refractivity contribution in [2.24, 2.45) is 0 Å². The fourth-order valence-electron chi connectivity index (χ4n) is 2.93. The number of hydrogen-bond donors (Lipinski definition) is 2. The molecule has 1 aromatic heterocycles. The van der Waals surface area contributed by atoms with Crippen molar-refractivity contribution >= 4 is 40.7 Å². The first-order valence-electron chi connectivity index (χ1n) is 9.24. The lowest BCUT2D eigenvalue weighted by atomic mass is 10.1. The van der Waals surface area contributed by atoms with Gasteiger partial charge in [0.05, 0.1) is 23.7 Å². The number of aliphatic hydroxyl groups is 1. The highest BCUT2D eigenvalue weighted by Gasteiger charge is 2.19. The van der Waals surface area contributed by atoms with E-state index in [0.29, 0.717) is 16.3 Å². The van der Waals surface area contributed by atoms with Crippen molar-refractivity contribution in [3.8, 4) is 17.9 Å². The van der Waals surface area contributed by atoms with Crippen LogP contribution in [-0.2, 0) is 13.2 Å². The topological polar surface area (TPSA) is 121 Å². The molecule has 3 N–H and O–H groups in total. The molecule has 32 heavy (non-hydrogen) atoms. The Bertz CT molecular complexity index is 1250. The molecule has 0 saturated carbocycles. The highest BCUT2D eigenvalue weighted by Crippen LogP contribution is 2.31. The number of nitrogen functional groups attached to an aromatic ring is 1. The SMILES string of the molecule is N#C/C(=C\c1cc(Cl)ccc1OCc1c(F)cccc1Cl)c1nn(CCO)c(N)c1C#N. The average molecular weight is 472 g/mol. The maximum Gasteiger partial charge on any atom is 0.140 e. The van der Waals surface area contributed by atoms with Crippen molar-refractivity contribution in [1.82, 2.24) is 9.78 Å². The lowest BCUT2D eigenvalue weighted by molar-refractivity contribution is 0.270. The fourth-order valence-corrected chi connectivity index (χ4v) is 3.33. The number of allylic oxidation sites excluding steroid dienone is 1. The summed E-state index contributed by atoms with van der Waals surface area (Å²) < 4.78 is 21.1. The van der Waals surface area contributed by atoms with Crippen LogP contribution in [-0.4, -0.2) is 21.5 Å². The third-order valence-corrected chi connectivity index (χ3v) is 5.09. The molecule has 7 nitrogen and oxygen atoms in total. The van der Waals surface area contributed by atoms with Crippen molar-refractivity contribution < 1.29 is 14.2 Å². The molecule has 0 amide bonds. The number of rotatable bonds is 7. The van der Waals surface area contributed by atoms with E-state index in [-0.39, 0.29) is 53.0 Å². The van der Waals surface area contributed by atoms with E-state index < -0.39 is 5.82 Å². The van der Waals surface area contributed by atoms with Gasteiger partial charge in [-0.2, -0.15) is 15.6 Å². The van der Waals surface area contributed by atoms with Gasteiger partial charge in [0, 0.05) is 16.1 Å². The van der Waals surface area contributed by atoms with Crippen molar-refractivity contribution in [2.75, 3.05) is 12.3 Å². The molecular formula is C22H16Cl2FN5O2. The molecule has 3 rings (SSSR count). The smallest absolute Gasteiger partial charge is 0.140 e. The summed E-state index contributed by atoms with van der Waals surface area (Å²) in [5, 5.41) is 33.1. The lowest BCUT2D eigenvalue weighted by Gasteiger charge is -2.12. The number of halogens is 3. The normalized spacial score (nSPS) is 11.1. The summed E-state index contributed by atoms with van der Waals surface area (Å²) in [6.07, 6.45) is 1.44. The summed E-state index contributed by atoms with van der Waals surface area (Å²) in [4.78, 5) is 0. The van der Waals surface area contributed by atoms with E-state index in [1.54, 1.807) is 24.3 Å². The van der Waals surface area contributed by atoms with Gasteiger partial charge in [-0.15, -0.1) is 0 Å². The third kappa shape index (κ3) is 4.84. The zero-order valence-electron chi connectivity index (χ0n) is 16.5. The van der Waals surface area contributed by atoms with Gasteiger partial charge < -0.3 is 15.6 Å². The Morgan fingerprint density at radius 1 is 1.28 bits per heavy atom. The zero-order valence-corrected chi connectivity index (χ0v) is 18.0. The molecule has 0 aliphatic heterocycles. The molecule has 0 aliphatic carbocycles. The Hall–Kier alpha value is -3.56. The minimum absolute atomic E-state index is 0.00823. The molecule has 3 aromatic rings. The van der Waals surface area contributed by atoms with Gasteiger partial charge in [-0.1, -0.05) is 29.3 Å². The molecule has 0 saturated heterocycles. The van der Waals surface area contributed by atoms with Gasteiger partial charge in [0.25, 0.3) is 0 Å². The second-order valence-electron chi connectivity index (χ2n) is 6.51. The Labute approximate surface area is 193 Å². The minimum atomic E-state index is -0.509. The lowest BCUT2D eigenvalue weighted by Crippen LogP contribution is -2.07. The van der Waals surface area contributed by atoms with Crippen LogP contribution in [0.5, 0.6) is 5.75 Å². The highest BCUT2D eigenvalue weighted by atomic mass is 35.5. The molecule has 0 unspecified atom stereocenters. The molecule has 0 bridgehead atoms. The zero-order chi connectivity index (χ0) is 23.3.